The van der Waals surface area contributed by atoms with Crippen molar-refractivity contribution >= 4 is 5.91 Å². The van der Waals surface area contributed by atoms with Gasteiger partial charge in [-0.3, -0.25) is 14.8 Å². The Morgan fingerprint density at radius 1 is 1.10 bits per heavy atom. The molecular weight excluding hydrogens is 398 g/mol. The number of alkyl halides is 3. The third kappa shape index (κ3) is 4.03. The fourth-order valence-electron chi connectivity index (χ4n) is 3.69. The van der Waals surface area contributed by atoms with E-state index >= 15 is 0 Å². The zero-order valence-electron chi connectivity index (χ0n) is 16.0. The molecule has 0 bridgehead atoms. The van der Waals surface area contributed by atoms with Crippen LogP contribution in [0, 0.1) is 12.7 Å². The van der Waals surface area contributed by atoms with E-state index in [1.165, 1.54) is 6.20 Å². The highest BCUT2D eigenvalue weighted by molar-refractivity contribution is 5.98. The van der Waals surface area contributed by atoms with Crippen molar-refractivity contribution in [3.63, 3.8) is 0 Å². The molecule has 1 aliphatic rings. The Bertz CT molecular complexity index is 1140. The minimum Gasteiger partial charge on any atom is -0.352 e. The number of fused-ring (bicyclic) bond motifs is 1. The number of amides is 1. The van der Waals surface area contributed by atoms with Gasteiger partial charge in [-0.1, -0.05) is 0 Å². The monoisotopic (exact) mass is 415 g/mol. The van der Waals surface area contributed by atoms with Gasteiger partial charge < -0.3 is 5.32 Å². The number of aromatic nitrogens is 2. The first kappa shape index (κ1) is 20.0. The molecule has 0 saturated heterocycles. The second-order valence-electron chi connectivity index (χ2n) is 7.22. The van der Waals surface area contributed by atoms with Crippen molar-refractivity contribution < 1.29 is 22.4 Å². The van der Waals surface area contributed by atoms with E-state index in [-0.39, 0.29) is 17.9 Å². The number of carbonyl (C=O) groups is 1. The van der Waals surface area contributed by atoms with Crippen LogP contribution in [0.25, 0.3) is 11.4 Å². The summed E-state index contributed by atoms with van der Waals surface area (Å²) in [5.41, 5.74) is 2.94. The Balaban J connectivity index is 1.74. The van der Waals surface area contributed by atoms with Crippen LogP contribution < -0.4 is 5.32 Å². The number of rotatable bonds is 3. The van der Waals surface area contributed by atoms with Gasteiger partial charge >= 0.3 is 6.18 Å². The molecule has 30 heavy (non-hydrogen) atoms. The van der Waals surface area contributed by atoms with E-state index in [1.807, 2.05) is 0 Å². The fraction of sp³-hybridized carbons (Fsp3) is 0.227. The van der Waals surface area contributed by atoms with Gasteiger partial charge in [-0.15, -0.1) is 0 Å². The summed E-state index contributed by atoms with van der Waals surface area (Å²) in [7, 11) is 0. The molecule has 4 nitrogen and oxygen atoms in total. The molecular formula is C22H17F4N3O. The van der Waals surface area contributed by atoms with Gasteiger partial charge in [-0.05, 0) is 72.9 Å². The largest absolute Gasteiger partial charge is 0.416 e. The van der Waals surface area contributed by atoms with Crippen LogP contribution in [0.2, 0.25) is 0 Å². The smallest absolute Gasteiger partial charge is 0.352 e. The van der Waals surface area contributed by atoms with E-state index in [4.69, 9.17) is 0 Å². The van der Waals surface area contributed by atoms with E-state index in [0.717, 1.165) is 17.7 Å². The lowest BCUT2D eigenvalue weighted by molar-refractivity contribution is -0.137. The van der Waals surface area contributed by atoms with Crippen LogP contribution in [0.3, 0.4) is 0 Å². The van der Waals surface area contributed by atoms with Crippen LogP contribution in [0.5, 0.6) is 0 Å². The number of halogens is 4. The van der Waals surface area contributed by atoms with Gasteiger partial charge in [0.15, 0.2) is 0 Å². The summed E-state index contributed by atoms with van der Waals surface area (Å²) in [6.45, 7) is 2.26. The molecule has 0 spiro atoms. The Morgan fingerprint density at radius 2 is 1.87 bits per heavy atom. The minimum absolute atomic E-state index is 0.104. The lowest BCUT2D eigenvalue weighted by atomic mass is 9.96. The van der Waals surface area contributed by atoms with Crippen LogP contribution in [0.4, 0.5) is 17.6 Å². The predicted molar refractivity (Wildman–Crippen MR) is 102 cm³/mol. The molecule has 2 aromatic heterocycles. The summed E-state index contributed by atoms with van der Waals surface area (Å²) >= 11 is 0. The highest BCUT2D eigenvalue weighted by Gasteiger charge is 2.31. The normalized spacial score (nSPS) is 13.7. The number of nitrogens with zero attached hydrogens (tertiary/aromatic N) is 2. The molecule has 0 atom stereocenters. The highest BCUT2D eigenvalue weighted by Crippen LogP contribution is 2.31. The first-order valence-electron chi connectivity index (χ1n) is 9.31. The second kappa shape index (κ2) is 7.51. The number of hydrogen-bond acceptors (Lipinski definition) is 3. The first-order valence-corrected chi connectivity index (χ1v) is 9.31. The number of hydrogen-bond donors (Lipinski definition) is 1. The van der Waals surface area contributed by atoms with E-state index < -0.39 is 17.6 Å². The lowest BCUT2D eigenvalue weighted by Crippen LogP contribution is -2.32. The zero-order valence-corrected chi connectivity index (χ0v) is 16.0. The summed E-state index contributed by atoms with van der Waals surface area (Å²) in [6, 6.07) is 7.64. The maximum absolute atomic E-state index is 13.7. The molecule has 0 unspecified atom stereocenters. The van der Waals surface area contributed by atoms with Gasteiger partial charge in [0.25, 0.3) is 5.91 Å². The van der Waals surface area contributed by atoms with Crippen LogP contribution in [-0.4, -0.2) is 22.4 Å². The molecule has 154 valence electrons. The molecule has 1 aromatic carbocycles. The van der Waals surface area contributed by atoms with Crippen molar-refractivity contribution in [2.75, 3.05) is 6.54 Å². The molecule has 1 amide bonds. The van der Waals surface area contributed by atoms with Crippen molar-refractivity contribution in [2.45, 2.75) is 25.9 Å². The SMILES string of the molecule is Cc1cc(Cc2cc(F)cc(C(F)(F)F)c2)cc(-c2nccc3c2CCNC3=O)n1. The van der Waals surface area contributed by atoms with Crippen molar-refractivity contribution in [3.05, 3.63) is 81.9 Å². The maximum Gasteiger partial charge on any atom is 0.416 e. The topological polar surface area (TPSA) is 54.9 Å². The number of pyridine rings is 2. The van der Waals surface area contributed by atoms with Gasteiger partial charge in [-0.2, -0.15) is 13.2 Å². The quantitative estimate of drug-likeness (QED) is 0.642. The Labute approximate surface area is 170 Å². The second-order valence-corrected chi connectivity index (χ2v) is 7.22. The number of carbonyl (C=O) groups excluding carboxylic acids is 1. The predicted octanol–water partition coefficient (Wildman–Crippen LogP) is 4.49. The Morgan fingerprint density at radius 3 is 2.63 bits per heavy atom. The lowest BCUT2D eigenvalue weighted by Gasteiger charge is -2.19. The third-order valence-corrected chi connectivity index (χ3v) is 4.91. The number of nitrogens with one attached hydrogen (secondary N) is 1. The molecule has 3 heterocycles. The van der Waals surface area contributed by atoms with Crippen LogP contribution in [0.15, 0.2) is 42.6 Å². The van der Waals surface area contributed by atoms with Crippen LogP contribution in [-0.2, 0) is 19.0 Å². The molecule has 0 aliphatic carbocycles. The molecule has 1 N–H and O–H groups in total. The summed E-state index contributed by atoms with van der Waals surface area (Å²) in [5.74, 6) is -1.11. The number of benzene rings is 1. The molecule has 1 aliphatic heterocycles. The molecule has 0 saturated carbocycles. The summed E-state index contributed by atoms with van der Waals surface area (Å²) in [6.07, 6.45) is -2.38. The zero-order chi connectivity index (χ0) is 21.5. The molecule has 0 fully saturated rings. The van der Waals surface area contributed by atoms with Crippen molar-refractivity contribution in [3.8, 4) is 11.4 Å². The van der Waals surface area contributed by atoms with Gasteiger partial charge in [0, 0.05) is 24.0 Å². The van der Waals surface area contributed by atoms with Crippen molar-refractivity contribution in [1.29, 1.82) is 0 Å². The van der Waals surface area contributed by atoms with Gasteiger partial charge in [0.1, 0.15) is 5.82 Å². The average molecular weight is 415 g/mol. The van der Waals surface area contributed by atoms with Crippen molar-refractivity contribution in [2.24, 2.45) is 0 Å². The standard InChI is InChI=1S/C22H17F4N3O/c1-12-6-13(7-14-8-15(22(24,25)26)11-16(23)9-14)10-19(29-12)20-17-2-5-28-21(30)18(17)3-4-27-20/h3-4,6,8-11H,2,5,7H2,1H3,(H,28,30). The maximum atomic E-state index is 13.7. The highest BCUT2D eigenvalue weighted by atomic mass is 19.4. The summed E-state index contributed by atoms with van der Waals surface area (Å²) < 4.78 is 52.8. The Hall–Kier alpha value is -3.29. The van der Waals surface area contributed by atoms with E-state index in [9.17, 15) is 22.4 Å². The minimum atomic E-state index is -4.62. The average Bonchev–Trinajstić information content (AvgIpc) is 2.66. The van der Waals surface area contributed by atoms with Gasteiger partial charge in [0.05, 0.1) is 17.0 Å². The number of aryl methyl sites for hydroxylation is 1. The Kier molecular flexibility index (Phi) is 5.01. The van der Waals surface area contributed by atoms with Gasteiger partial charge in [0.2, 0.25) is 0 Å². The van der Waals surface area contributed by atoms with E-state index in [0.29, 0.717) is 47.2 Å². The third-order valence-electron chi connectivity index (χ3n) is 4.91. The summed E-state index contributed by atoms with van der Waals surface area (Å²) in [5, 5.41) is 2.78. The molecule has 3 aromatic rings. The molecule has 4 rings (SSSR count). The summed E-state index contributed by atoms with van der Waals surface area (Å²) in [4.78, 5) is 21.0. The first-order chi connectivity index (χ1) is 14.2. The van der Waals surface area contributed by atoms with Crippen molar-refractivity contribution in [1.82, 2.24) is 15.3 Å². The van der Waals surface area contributed by atoms with E-state index in [2.05, 4.69) is 15.3 Å². The van der Waals surface area contributed by atoms with Gasteiger partial charge in [-0.25, -0.2) is 4.39 Å². The molecule has 8 heteroatoms. The van der Waals surface area contributed by atoms with Crippen LogP contribution >= 0.6 is 0 Å². The van der Waals surface area contributed by atoms with Crippen LogP contribution in [0.1, 0.15) is 38.3 Å². The fourth-order valence-corrected chi connectivity index (χ4v) is 3.69. The van der Waals surface area contributed by atoms with E-state index in [1.54, 1.807) is 25.1 Å². The molecule has 0 radical (unpaired) electrons.